The quantitative estimate of drug-likeness (QED) is 0.143. The van der Waals surface area contributed by atoms with Gasteiger partial charge in [0.05, 0.1) is 6.61 Å². The first-order valence-electron chi connectivity index (χ1n) is 12.9. The number of ether oxygens (including phenoxy) is 3. The maximum Gasteiger partial charge on any atom is 0.514 e. The number of benzene rings is 3. The molecule has 1 fully saturated rings. The molecule has 3 aromatic carbocycles. The molecular formula is C27H24N2O13P2-2. The van der Waals surface area contributed by atoms with E-state index in [4.69, 9.17) is 18.7 Å². The van der Waals surface area contributed by atoms with Crippen LogP contribution in [0.15, 0.2) is 94.6 Å². The van der Waals surface area contributed by atoms with Crippen LogP contribution in [-0.4, -0.2) is 45.7 Å². The molecule has 0 spiro atoms. The van der Waals surface area contributed by atoms with Gasteiger partial charge in [0.15, 0.2) is 12.3 Å². The van der Waals surface area contributed by atoms with Gasteiger partial charge in [-0.1, -0.05) is 60.7 Å². The van der Waals surface area contributed by atoms with E-state index in [1.165, 1.54) is 18.2 Å². The Bertz CT molecular complexity index is 1860. The number of hydrogen-bond donors (Lipinski definition) is 2. The van der Waals surface area contributed by atoms with E-state index in [-0.39, 0.29) is 5.75 Å². The van der Waals surface area contributed by atoms with Gasteiger partial charge in [-0.3, -0.25) is 23.2 Å². The third-order valence-corrected chi connectivity index (χ3v) is 9.47. The predicted molar refractivity (Wildman–Crippen MR) is 148 cm³/mol. The van der Waals surface area contributed by atoms with Gasteiger partial charge in [-0.25, -0.2) is 9.59 Å². The fourth-order valence-electron chi connectivity index (χ4n) is 4.59. The van der Waals surface area contributed by atoms with Gasteiger partial charge < -0.3 is 38.2 Å². The molecule has 232 valence electrons. The molecule has 0 radical (unpaired) electrons. The second-order valence-electron chi connectivity index (χ2n) is 9.55. The van der Waals surface area contributed by atoms with Crippen LogP contribution in [0.1, 0.15) is 11.8 Å². The highest BCUT2D eigenvalue weighted by molar-refractivity contribution is 7.62. The van der Waals surface area contributed by atoms with Gasteiger partial charge in [0.1, 0.15) is 25.6 Å². The maximum absolute atomic E-state index is 12.7. The van der Waals surface area contributed by atoms with Crippen molar-refractivity contribution in [2.75, 3.05) is 6.61 Å². The van der Waals surface area contributed by atoms with Crippen molar-refractivity contribution in [2.24, 2.45) is 0 Å². The third kappa shape index (κ3) is 7.59. The van der Waals surface area contributed by atoms with Gasteiger partial charge in [0.25, 0.3) is 13.4 Å². The Labute approximate surface area is 248 Å². The van der Waals surface area contributed by atoms with Crippen LogP contribution in [0.25, 0.3) is 10.8 Å². The van der Waals surface area contributed by atoms with Crippen LogP contribution in [0.3, 0.4) is 0 Å². The molecule has 2 N–H and O–H groups in total. The van der Waals surface area contributed by atoms with Crippen molar-refractivity contribution in [1.29, 1.82) is 0 Å². The summed E-state index contributed by atoms with van der Waals surface area (Å²) < 4.78 is 51.1. The molecule has 17 heteroatoms. The largest absolute Gasteiger partial charge is 0.778 e. The van der Waals surface area contributed by atoms with Crippen molar-refractivity contribution < 1.29 is 51.9 Å². The molecular weight excluding hydrogens is 622 g/mol. The Balaban J connectivity index is 1.31. The van der Waals surface area contributed by atoms with E-state index in [1.807, 2.05) is 4.98 Å². The molecule has 0 saturated carbocycles. The van der Waals surface area contributed by atoms with E-state index in [0.717, 1.165) is 22.2 Å². The van der Waals surface area contributed by atoms with E-state index >= 15 is 0 Å². The Hall–Kier alpha value is -3.91. The Morgan fingerprint density at radius 2 is 1.68 bits per heavy atom. The lowest BCUT2D eigenvalue weighted by molar-refractivity contribution is -0.234. The Morgan fingerprint density at radius 3 is 2.43 bits per heavy atom. The van der Waals surface area contributed by atoms with Gasteiger partial charge in [0, 0.05) is 18.4 Å². The van der Waals surface area contributed by atoms with Crippen LogP contribution in [0.2, 0.25) is 0 Å². The molecule has 0 aliphatic carbocycles. The smallest absolute Gasteiger partial charge is 0.514 e. The first-order chi connectivity index (χ1) is 20.9. The number of phosphoric ester groups is 1. The third-order valence-electron chi connectivity index (χ3n) is 6.48. The minimum absolute atomic E-state index is 0.0851. The van der Waals surface area contributed by atoms with Crippen molar-refractivity contribution in [3.8, 4) is 5.75 Å². The van der Waals surface area contributed by atoms with Crippen LogP contribution in [0, 0.1) is 0 Å². The summed E-state index contributed by atoms with van der Waals surface area (Å²) in [5.41, 5.74) is -1.44. The minimum Gasteiger partial charge on any atom is -0.778 e. The average molecular weight is 646 g/mol. The molecule has 1 saturated heterocycles. The topological polar surface area (TPSA) is 219 Å². The maximum atomic E-state index is 12.7. The molecule has 3 unspecified atom stereocenters. The summed E-state index contributed by atoms with van der Waals surface area (Å²) in [6.45, 7) is -1.01. The summed E-state index contributed by atoms with van der Waals surface area (Å²) in [7, 11) is -10.7. The molecule has 2 heterocycles. The lowest BCUT2D eigenvalue weighted by Crippen LogP contribution is -2.40. The highest BCUT2D eigenvalue weighted by Crippen LogP contribution is 2.57. The fourth-order valence-corrected chi connectivity index (χ4v) is 7.25. The van der Waals surface area contributed by atoms with Crippen LogP contribution < -0.4 is 25.8 Å². The highest BCUT2D eigenvalue weighted by Gasteiger charge is 2.48. The number of aromatic nitrogens is 2. The number of phosphoric acid groups is 1. The summed E-state index contributed by atoms with van der Waals surface area (Å²) in [4.78, 5) is 63.6. The SMILES string of the molecule is O=C(Oc1ccccc1)OC1[C@@H](COP(=O)([O-])OP(=O)([O-])Cc2cccc3ccccc23)O[C@@H](n2ccc(=O)[nH]c2=O)[C@H]1O. The zero-order chi connectivity index (χ0) is 31.5. The van der Waals surface area contributed by atoms with E-state index < -0.39 is 70.1 Å². The molecule has 0 bridgehead atoms. The van der Waals surface area contributed by atoms with Crippen LogP contribution in [0.5, 0.6) is 5.75 Å². The molecule has 6 atom stereocenters. The highest BCUT2D eigenvalue weighted by atomic mass is 31.3. The van der Waals surface area contributed by atoms with Gasteiger partial charge in [-0.05, 0) is 28.5 Å². The molecule has 0 amide bonds. The second-order valence-corrected chi connectivity index (χ2v) is 12.9. The number of nitrogens with one attached hydrogen (secondary N) is 1. The van der Waals surface area contributed by atoms with Crippen molar-refractivity contribution in [1.82, 2.24) is 9.55 Å². The van der Waals surface area contributed by atoms with E-state index in [2.05, 4.69) is 4.31 Å². The van der Waals surface area contributed by atoms with Crippen LogP contribution >= 0.6 is 15.4 Å². The number of carbonyl (C=O) groups is 1. The summed E-state index contributed by atoms with van der Waals surface area (Å²) in [6.07, 6.45) is -7.76. The van der Waals surface area contributed by atoms with Gasteiger partial charge in [-0.2, -0.15) is 0 Å². The zero-order valence-corrected chi connectivity index (χ0v) is 24.3. The Kier molecular flexibility index (Phi) is 9.30. The number of rotatable bonds is 10. The monoisotopic (exact) mass is 646 g/mol. The molecule has 1 aliphatic rings. The van der Waals surface area contributed by atoms with Crippen LogP contribution in [0.4, 0.5) is 4.79 Å². The average Bonchev–Trinajstić information content (AvgIpc) is 3.26. The molecule has 1 aliphatic heterocycles. The van der Waals surface area contributed by atoms with Gasteiger partial charge >= 0.3 is 11.8 Å². The second kappa shape index (κ2) is 13.0. The number of carbonyl (C=O) groups excluding carboxylic acids is 1. The van der Waals surface area contributed by atoms with Gasteiger partial charge in [0.2, 0.25) is 0 Å². The standard InChI is InChI=1S/C27H26N2O13P2/c30-22-13-14-29(26(32)28-22)25-23(31)24(41-27(33)39-19-10-2-1-3-11-19)21(40-25)15-38-44(36,37)42-43(34,35)16-18-9-6-8-17-7-4-5-12-20(17)18/h1-14,21,23-25,31H,15-16H2,(H,34,35)(H,36,37)(H,28,30,32)/p-2/t21-,23+,24?,25-/m1/s1. The number of H-pyrrole nitrogens is 1. The number of hydrogen-bond acceptors (Lipinski definition) is 13. The minimum atomic E-state index is -5.58. The van der Waals surface area contributed by atoms with E-state index in [0.29, 0.717) is 10.9 Å². The predicted octanol–water partition coefficient (Wildman–Crippen LogP) is 1.79. The number of para-hydroxylation sites is 1. The molecule has 15 nitrogen and oxygen atoms in total. The number of fused-ring (bicyclic) bond motifs is 1. The number of aromatic amines is 1. The lowest BCUT2D eigenvalue weighted by atomic mass is 10.1. The zero-order valence-electron chi connectivity index (χ0n) is 22.5. The lowest BCUT2D eigenvalue weighted by Gasteiger charge is -2.32. The van der Waals surface area contributed by atoms with Crippen molar-refractivity contribution in [2.45, 2.75) is 30.7 Å². The van der Waals surface area contributed by atoms with Crippen molar-refractivity contribution >= 4 is 32.3 Å². The van der Waals surface area contributed by atoms with Crippen molar-refractivity contribution in [3.05, 3.63) is 111 Å². The first-order valence-corrected chi connectivity index (χ1v) is 16.1. The number of nitrogens with zero attached hydrogens (tertiary/aromatic N) is 1. The van der Waals surface area contributed by atoms with E-state index in [1.54, 1.807) is 54.6 Å². The van der Waals surface area contributed by atoms with E-state index in [9.17, 15) is 38.4 Å². The van der Waals surface area contributed by atoms with Crippen LogP contribution in [-0.2, 0) is 33.6 Å². The van der Waals surface area contributed by atoms with Crippen molar-refractivity contribution in [3.63, 3.8) is 0 Å². The number of aliphatic hydroxyl groups is 1. The summed E-state index contributed by atoms with van der Waals surface area (Å²) >= 11 is 0. The molecule has 1 aromatic heterocycles. The fraction of sp³-hybridized carbons (Fsp3) is 0.222. The summed E-state index contributed by atoms with van der Waals surface area (Å²) in [5, 5.41) is 12.2. The summed E-state index contributed by atoms with van der Waals surface area (Å²) in [5.74, 6) is 0.0851. The molecule has 5 rings (SSSR count). The first kappa shape index (κ1) is 31.5. The number of aliphatic hydroxyl groups excluding tert-OH is 1. The normalized spacial score (nSPS) is 22.6. The van der Waals surface area contributed by atoms with Gasteiger partial charge in [-0.15, -0.1) is 0 Å². The molecule has 44 heavy (non-hydrogen) atoms. The molecule has 4 aromatic rings. The Morgan fingerprint density at radius 1 is 0.977 bits per heavy atom. The summed E-state index contributed by atoms with van der Waals surface area (Å²) in [6, 6.07) is 20.4.